The van der Waals surface area contributed by atoms with E-state index in [1.54, 1.807) is 0 Å². The molecule has 1 N–H and O–H groups in total. The average molecular weight is 262 g/mol. The number of aromatic nitrogens is 1. The molecule has 1 radical (unpaired) electrons. The number of aromatic amines is 1. The molecule has 0 saturated heterocycles. The van der Waals surface area contributed by atoms with Gasteiger partial charge in [0.25, 0.3) is 0 Å². The van der Waals surface area contributed by atoms with Crippen molar-refractivity contribution in [1.82, 2.24) is 4.98 Å². The van der Waals surface area contributed by atoms with Gasteiger partial charge in [0, 0.05) is 22.0 Å². The SMILES string of the molecule is [CH2]CC(C)(c1ccccc1)c1c(C)[nH]c2ccccc12. The number of benzene rings is 2. The molecule has 1 aromatic heterocycles. The van der Waals surface area contributed by atoms with Gasteiger partial charge in [-0.05, 0) is 30.5 Å². The summed E-state index contributed by atoms with van der Waals surface area (Å²) in [6.07, 6.45) is 0.833. The molecule has 0 aliphatic carbocycles. The summed E-state index contributed by atoms with van der Waals surface area (Å²) in [6.45, 7) is 8.67. The first kappa shape index (κ1) is 13.0. The highest BCUT2D eigenvalue weighted by molar-refractivity contribution is 5.86. The maximum atomic E-state index is 4.22. The molecule has 3 rings (SSSR count). The third-order valence-corrected chi connectivity index (χ3v) is 4.36. The van der Waals surface area contributed by atoms with E-state index < -0.39 is 0 Å². The molecule has 0 fully saturated rings. The van der Waals surface area contributed by atoms with Crippen molar-refractivity contribution in [3.05, 3.63) is 78.3 Å². The Morgan fingerprint density at radius 2 is 1.65 bits per heavy atom. The lowest BCUT2D eigenvalue weighted by Crippen LogP contribution is -2.23. The second-order valence-electron chi connectivity index (χ2n) is 5.62. The van der Waals surface area contributed by atoms with Gasteiger partial charge in [0.1, 0.15) is 0 Å². The summed E-state index contributed by atoms with van der Waals surface area (Å²) >= 11 is 0. The summed E-state index contributed by atoms with van der Waals surface area (Å²) in [5, 5.41) is 1.31. The van der Waals surface area contributed by atoms with Crippen LogP contribution in [-0.2, 0) is 5.41 Å². The third kappa shape index (κ3) is 1.85. The summed E-state index contributed by atoms with van der Waals surface area (Å²) in [5.74, 6) is 0. The highest BCUT2D eigenvalue weighted by Crippen LogP contribution is 2.40. The first-order valence-corrected chi connectivity index (χ1v) is 7.09. The van der Waals surface area contributed by atoms with Crippen LogP contribution in [0.1, 0.15) is 30.2 Å². The minimum atomic E-state index is -0.0645. The standard InChI is InChI=1S/C19H20N/c1-4-19(3,15-10-6-5-7-11-15)18-14(2)20-17-13-9-8-12-16(17)18/h5-13,20H,1,4H2,2-3H3. The molecule has 0 bridgehead atoms. The van der Waals surface area contributed by atoms with Gasteiger partial charge in [-0.25, -0.2) is 0 Å². The van der Waals surface area contributed by atoms with Gasteiger partial charge < -0.3 is 4.98 Å². The summed E-state index contributed by atoms with van der Waals surface area (Å²) < 4.78 is 0. The van der Waals surface area contributed by atoms with Crippen LogP contribution in [0.25, 0.3) is 10.9 Å². The Labute approximate surface area is 120 Å². The van der Waals surface area contributed by atoms with Gasteiger partial charge in [0.05, 0.1) is 0 Å². The Hall–Kier alpha value is -2.02. The molecular formula is C19H20N. The van der Waals surface area contributed by atoms with Crippen molar-refractivity contribution >= 4 is 10.9 Å². The highest BCUT2D eigenvalue weighted by atomic mass is 14.7. The molecular weight excluding hydrogens is 242 g/mol. The molecule has 20 heavy (non-hydrogen) atoms. The predicted octanol–water partition coefficient (Wildman–Crippen LogP) is 5.01. The first-order chi connectivity index (χ1) is 9.66. The summed E-state index contributed by atoms with van der Waals surface area (Å²) in [5.41, 5.74) is 5.07. The van der Waals surface area contributed by atoms with Gasteiger partial charge in [0.2, 0.25) is 0 Å². The zero-order valence-corrected chi connectivity index (χ0v) is 12.1. The predicted molar refractivity (Wildman–Crippen MR) is 85.9 cm³/mol. The Balaban J connectivity index is 2.29. The average Bonchev–Trinajstić information content (AvgIpc) is 2.83. The van der Waals surface area contributed by atoms with E-state index in [-0.39, 0.29) is 5.41 Å². The molecule has 0 aliphatic heterocycles. The molecule has 1 nitrogen and oxygen atoms in total. The Bertz CT molecular complexity index is 724. The molecule has 1 heteroatoms. The van der Waals surface area contributed by atoms with Gasteiger partial charge in [-0.3, -0.25) is 0 Å². The van der Waals surface area contributed by atoms with Crippen LogP contribution >= 0.6 is 0 Å². The molecule has 1 heterocycles. The molecule has 0 spiro atoms. The van der Waals surface area contributed by atoms with E-state index in [9.17, 15) is 0 Å². The van der Waals surface area contributed by atoms with E-state index in [1.807, 2.05) is 0 Å². The van der Waals surface area contributed by atoms with E-state index in [4.69, 9.17) is 0 Å². The van der Waals surface area contributed by atoms with Crippen molar-refractivity contribution in [3.8, 4) is 0 Å². The number of hydrogen-bond donors (Lipinski definition) is 1. The van der Waals surface area contributed by atoms with Crippen molar-refractivity contribution in [2.75, 3.05) is 0 Å². The zero-order chi connectivity index (χ0) is 14.2. The quantitative estimate of drug-likeness (QED) is 0.683. The van der Waals surface area contributed by atoms with Crippen LogP contribution in [0.4, 0.5) is 0 Å². The number of para-hydroxylation sites is 1. The van der Waals surface area contributed by atoms with E-state index in [1.165, 1.54) is 27.7 Å². The Morgan fingerprint density at radius 1 is 1.00 bits per heavy atom. The molecule has 2 aromatic carbocycles. The Kier molecular flexibility index (Phi) is 3.13. The van der Waals surface area contributed by atoms with Crippen LogP contribution < -0.4 is 0 Å². The van der Waals surface area contributed by atoms with Crippen LogP contribution in [0.15, 0.2) is 54.6 Å². The van der Waals surface area contributed by atoms with Gasteiger partial charge >= 0.3 is 0 Å². The van der Waals surface area contributed by atoms with Crippen molar-refractivity contribution in [1.29, 1.82) is 0 Å². The fourth-order valence-corrected chi connectivity index (χ4v) is 3.21. The fraction of sp³-hybridized carbons (Fsp3) is 0.211. The van der Waals surface area contributed by atoms with Crippen LogP contribution in [0, 0.1) is 13.8 Å². The van der Waals surface area contributed by atoms with Crippen molar-refractivity contribution in [2.45, 2.75) is 25.7 Å². The summed E-state index contributed by atoms with van der Waals surface area (Å²) in [7, 11) is 0. The van der Waals surface area contributed by atoms with Crippen LogP contribution in [0.5, 0.6) is 0 Å². The number of fused-ring (bicyclic) bond motifs is 1. The van der Waals surface area contributed by atoms with Gasteiger partial charge in [-0.1, -0.05) is 62.4 Å². The lowest BCUT2D eigenvalue weighted by Gasteiger charge is -2.30. The number of hydrogen-bond acceptors (Lipinski definition) is 0. The van der Waals surface area contributed by atoms with Crippen molar-refractivity contribution in [3.63, 3.8) is 0 Å². The lowest BCUT2D eigenvalue weighted by atomic mass is 9.73. The normalized spacial score (nSPS) is 14.3. The van der Waals surface area contributed by atoms with E-state index in [0.29, 0.717) is 0 Å². The lowest BCUT2D eigenvalue weighted by molar-refractivity contribution is 0.579. The minimum Gasteiger partial charge on any atom is -0.358 e. The molecule has 0 aliphatic rings. The molecule has 1 atom stereocenters. The van der Waals surface area contributed by atoms with Crippen LogP contribution in [-0.4, -0.2) is 4.98 Å². The highest BCUT2D eigenvalue weighted by Gasteiger charge is 2.31. The van der Waals surface area contributed by atoms with Crippen LogP contribution in [0.2, 0.25) is 0 Å². The van der Waals surface area contributed by atoms with E-state index in [2.05, 4.69) is 80.4 Å². The molecule has 101 valence electrons. The van der Waals surface area contributed by atoms with E-state index >= 15 is 0 Å². The zero-order valence-electron chi connectivity index (χ0n) is 12.1. The number of aryl methyl sites for hydroxylation is 1. The molecule has 3 aromatic rings. The molecule has 1 unspecified atom stereocenters. The maximum Gasteiger partial charge on any atom is 0.0459 e. The van der Waals surface area contributed by atoms with Crippen molar-refractivity contribution in [2.24, 2.45) is 0 Å². The summed E-state index contributed by atoms with van der Waals surface area (Å²) in [6, 6.07) is 19.2. The second kappa shape index (κ2) is 4.82. The maximum absolute atomic E-state index is 4.22. The van der Waals surface area contributed by atoms with Crippen molar-refractivity contribution < 1.29 is 0 Å². The number of rotatable bonds is 3. The third-order valence-electron chi connectivity index (χ3n) is 4.36. The van der Waals surface area contributed by atoms with Gasteiger partial charge in [-0.2, -0.15) is 0 Å². The minimum absolute atomic E-state index is 0.0645. The van der Waals surface area contributed by atoms with Gasteiger partial charge in [0.15, 0.2) is 0 Å². The number of nitrogens with one attached hydrogen (secondary N) is 1. The first-order valence-electron chi connectivity index (χ1n) is 7.09. The largest absolute Gasteiger partial charge is 0.358 e. The monoisotopic (exact) mass is 262 g/mol. The van der Waals surface area contributed by atoms with Crippen LogP contribution in [0.3, 0.4) is 0 Å². The van der Waals surface area contributed by atoms with E-state index in [0.717, 1.165) is 6.42 Å². The Morgan fingerprint density at radius 3 is 2.35 bits per heavy atom. The topological polar surface area (TPSA) is 15.8 Å². The molecule has 0 saturated carbocycles. The van der Waals surface area contributed by atoms with Gasteiger partial charge in [-0.15, -0.1) is 0 Å². The number of H-pyrrole nitrogens is 1. The molecule has 0 amide bonds. The summed E-state index contributed by atoms with van der Waals surface area (Å²) in [4.78, 5) is 3.51. The second-order valence-corrected chi connectivity index (χ2v) is 5.62. The fourth-order valence-electron chi connectivity index (χ4n) is 3.21. The smallest absolute Gasteiger partial charge is 0.0459 e.